The van der Waals surface area contributed by atoms with Gasteiger partial charge in [-0.25, -0.2) is 0 Å². The third-order valence-electron chi connectivity index (χ3n) is 4.24. The van der Waals surface area contributed by atoms with Gasteiger partial charge in [-0.05, 0) is 39.3 Å². The number of hydrogen-bond acceptors (Lipinski definition) is 3. The van der Waals surface area contributed by atoms with E-state index in [0.29, 0.717) is 17.9 Å². The Balaban J connectivity index is 1.91. The predicted octanol–water partition coefficient (Wildman–Crippen LogP) is 0.537. The molecule has 0 bridgehead atoms. The molecule has 17 heavy (non-hydrogen) atoms. The van der Waals surface area contributed by atoms with Gasteiger partial charge in [0.25, 0.3) is 0 Å². The summed E-state index contributed by atoms with van der Waals surface area (Å²) in [4.78, 5) is 16.8. The van der Waals surface area contributed by atoms with Crippen LogP contribution in [0.15, 0.2) is 0 Å². The molecule has 4 heteroatoms. The molecule has 0 radical (unpaired) electrons. The smallest absolute Gasteiger partial charge is 0.239 e. The van der Waals surface area contributed by atoms with Gasteiger partial charge >= 0.3 is 0 Å². The molecular formula is C13H25N3O. The number of carbonyl (C=O) groups excluding carboxylic acids is 1. The highest BCUT2D eigenvalue weighted by Crippen LogP contribution is 2.18. The molecule has 2 heterocycles. The highest BCUT2D eigenvalue weighted by molar-refractivity contribution is 5.82. The lowest BCUT2D eigenvalue weighted by atomic mass is 9.93. The quantitative estimate of drug-likeness (QED) is 0.725. The van der Waals surface area contributed by atoms with Gasteiger partial charge in [0.1, 0.15) is 0 Å². The van der Waals surface area contributed by atoms with Crippen LogP contribution in [0.3, 0.4) is 0 Å². The van der Waals surface area contributed by atoms with Gasteiger partial charge in [0, 0.05) is 25.7 Å². The van der Waals surface area contributed by atoms with Crippen LogP contribution in [-0.4, -0.2) is 61.0 Å². The zero-order valence-corrected chi connectivity index (χ0v) is 11.3. The summed E-state index contributed by atoms with van der Waals surface area (Å²) in [6.07, 6.45) is 2.20. The molecule has 2 saturated heterocycles. The minimum Gasteiger partial charge on any atom is -0.339 e. The van der Waals surface area contributed by atoms with Crippen LogP contribution in [0.2, 0.25) is 0 Å². The van der Waals surface area contributed by atoms with Crippen LogP contribution < -0.4 is 5.32 Å². The average Bonchev–Trinajstić information content (AvgIpc) is 2.32. The number of piperidine rings is 1. The van der Waals surface area contributed by atoms with Crippen molar-refractivity contribution >= 4 is 5.91 Å². The lowest BCUT2D eigenvalue weighted by Gasteiger charge is -2.40. The van der Waals surface area contributed by atoms with Crippen molar-refractivity contribution in [2.24, 2.45) is 5.92 Å². The standard InChI is InChI=1S/C13H25N3O/c1-10-4-5-14-12(8-10)13(17)16-7-6-15(3)11(2)9-16/h10-12,14H,4-9H2,1-3H3. The molecule has 0 aromatic rings. The molecule has 4 nitrogen and oxygen atoms in total. The van der Waals surface area contributed by atoms with Gasteiger partial charge in [-0.3, -0.25) is 4.79 Å². The van der Waals surface area contributed by atoms with E-state index in [1.807, 2.05) is 4.90 Å². The number of nitrogens with zero attached hydrogens (tertiary/aromatic N) is 2. The van der Waals surface area contributed by atoms with Crippen LogP contribution >= 0.6 is 0 Å². The van der Waals surface area contributed by atoms with Gasteiger partial charge in [0.2, 0.25) is 5.91 Å². The molecule has 2 aliphatic heterocycles. The lowest BCUT2D eigenvalue weighted by Crippen LogP contribution is -2.57. The Bertz CT molecular complexity index is 282. The third-order valence-corrected chi connectivity index (χ3v) is 4.24. The summed E-state index contributed by atoms with van der Waals surface area (Å²) in [6, 6.07) is 0.545. The van der Waals surface area contributed by atoms with Crippen molar-refractivity contribution in [2.75, 3.05) is 33.2 Å². The summed E-state index contributed by atoms with van der Waals surface area (Å²) < 4.78 is 0. The van der Waals surface area contributed by atoms with Crippen molar-refractivity contribution in [3.8, 4) is 0 Å². The van der Waals surface area contributed by atoms with Crippen LogP contribution in [0.1, 0.15) is 26.7 Å². The number of hydrogen-bond donors (Lipinski definition) is 1. The zero-order chi connectivity index (χ0) is 12.4. The maximum Gasteiger partial charge on any atom is 0.239 e. The minimum atomic E-state index is 0.0642. The Morgan fingerprint density at radius 1 is 1.29 bits per heavy atom. The second kappa shape index (κ2) is 5.36. The molecule has 2 aliphatic rings. The molecular weight excluding hydrogens is 214 g/mol. The monoisotopic (exact) mass is 239 g/mol. The predicted molar refractivity (Wildman–Crippen MR) is 68.9 cm³/mol. The molecule has 0 aromatic carbocycles. The third kappa shape index (κ3) is 2.99. The van der Waals surface area contributed by atoms with E-state index in [4.69, 9.17) is 0 Å². The maximum absolute atomic E-state index is 12.4. The number of piperazine rings is 1. The normalized spacial score (nSPS) is 35.9. The van der Waals surface area contributed by atoms with Gasteiger partial charge in [0.15, 0.2) is 0 Å². The topological polar surface area (TPSA) is 35.6 Å². The van der Waals surface area contributed by atoms with Gasteiger partial charge in [-0.2, -0.15) is 0 Å². The highest BCUT2D eigenvalue weighted by atomic mass is 16.2. The first-order valence-corrected chi connectivity index (χ1v) is 6.80. The summed E-state index contributed by atoms with van der Waals surface area (Å²) in [7, 11) is 2.13. The minimum absolute atomic E-state index is 0.0642. The van der Waals surface area contributed by atoms with E-state index in [1.165, 1.54) is 6.42 Å². The molecule has 1 N–H and O–H groups in total. The van der Waals surface area contributed by atoms with Gasteiger partial charge in [-0.1, -0.05) is 6.92 Å². The van der Waals surface area contributed by atoms with Crippen LogP contribution in [0.25, 0.3) is 0 Å². The first kappa shape index (κ1) is 12.8. The number of carbonyl (C=O) groups is 1. The number of amides is 1. The Labute approximate surface area is 104 Å². The molecule has 1 amide bonds. The molecule has 3 atom stereocenters. The fraction of sp³-hybridized carbons (Fsp3) is 0.923. The first-order valence-electron chi connectivity index (χ1n) is 6.80. The summed E-state index contributed by atoms with van der Waals surface area (Å²) in [5.74, 6) is 0.992. The van der Waals surface area contributed by atoms with E-state index in [1.54, 1.807) is 0 Å². The van der Waals surface area contributed by atoms with E-state index >= 15 is 0 Å². The molecule has 0 aliphatic carbocycles. The Morgan fingerprint density at radius 2 is 2.06 bits per heavy atom. The van der Waals surface area contributed by atoms with Crippen molar-refractivity contribution in [2.45, 2.75) is 38.8 Å². The SMILES string of the molecule is CC1CCNC(C(=O)N2CCN(C)C(C)C2)C1. The second-order valence-electron chi connectivity index (χ2n) is 5.75. The van der Waals surface area contributed by atoms with E-state index in [9.17, 15) is 4.79 Å². The Morgan fingerprint density at radius 3 is 2.71 bits per heavy atom. The van der Waals surface area contributed by atoms with Crippen LogP contribution in [0, 0.1) is 5.92 Å². The molecule has 2 rings (SSSR count). The van der Waals surface area contributed by atoms with Crippen molar-refractivity contribution in [1.29, 1.82) is 0 Å². The largest absolute Gasteiger partial charge is 0.339 e. The Kier molecular flexibility index (Phi) is 4.05. The molecule has 0 saturated carbocycles. The molecule has 98 valence electrons. The molecule has 0 aromatic heterocycles. The van der Waals surface area contributed by atoms with Crippen LogP contribution in [0.5, 0.6) is 0 Å². The van der Waals surface area contributed by atoms with Gasteiger partial charge < -0.3 is 15.1 Å². The summed E-state index contributed by atoms with van der Waals surface area (Å²) in [5, 5.41) is 3.37. The summed E-state index contributed by atoms with van der Waals surface area (Å²) >= 11 is 0. The molecule has 0 spiro atoms. The number of rotatable bonds is 1. The number of likely N-dealkylation sites (N-methyl/N-ethyl adjacent to an activating group) is 1. The van der Waals surface area contributed by atoms with Crippen molar-refractivity contribution in [3.05, 3.63) is 0 Å². The molecule has 3 unspecified atom stereocenters. The zero-order valence-electron chi connectivity index (χ0n) is 11.3. The van der Waals surface area contributed by atoms with Crippen LogP contribution in [-0.2, 0) is 4.79 Å². The Hall–Kier alpha value is -0.610. The number of nitrogens with one attached hydrogen (secondary N) is 1. The fourth-order valence-corrected chi connectivity index (χ4v) is 2.76. The van der Waals surface area contributed by atoms with Crippen molar-refractivity contribution < 1.29 is 4.79 Å². The van der Waals surface area contributed by atoms with E-state index in [0.717, 1.165) is 32.6 Å². The maximum atomic E-state index is 12.4. The lowest BCUT2D eigenvalue weighted by molar-refractivity contribution is -0.137. The van der Waals surface area contributed by atoms with Crippen molar-refractivity contribution in [3.63, 3.8) is 0 Å². The van der Waals surface area contributed by atoms with Crippen molar-refractivity contribution in [1.82, 2.24) is 15.1 Å². The van der Waals surface area contributed by atoms with Crippen LogP contribution in [0.4, 0.5) is 0 Å². The first-order chi connectivity index (χ1) is 8.08. The van der Waals surface area contributed by atoms with E-state index < -0.39 is 0 Å². The summed E-state index contributed by atoms with van der Waals surface area (Å²) in [5.41, 5.74) is 0. The fourth-order valence-electron chi connectivity index (χ4n) is 2.76. The second-order valence-corrected chi connectivity index (χ2v) is 5.75. The molecule has 2 fully saturated rings. The van der Waals surface area contributed by atoms with Gasteiger partial charge in [-0.15, -0.1) is 0 Å². The van der Waals surface area contributed by atoms with Gasteiger partial charge in [0.05, 0.1) is 6.04 Å². The average molecular weight is 239 g/mol. The highest BCUT2D eigenvalue weighted by Gasteiger charge is 2.31. The van der Waals surface area contributed by atoms with E-state index in [-0.39, 0.29) is 6.04 Å². The summed E-state index contributed by atoms with van der Waals surface area (Å²) in [6.45, 7) is 8.17. The van der Waals surface area contributed by atoms with E-state index in [2.05, 4.69) is 31.1 Å².